The van der Waals surface area contributed by atoms with Crippen LogP contribution in [-0.4, -0.2) is 68.0 Å². The Morgan fingerprint density at radius 1 is 1.24 bits per heavy atom. The molecule has 2 unspecified atom stereocenters. The maximum atomic E-state index is 5.42. The van der Waals surface area contributed by atoms with E-state index in [1.807, 2.05) is 13.8 Å². The first-order valence-corrected chi connectivity index (χ1v) is 9.29. The number of rotatable bonds is 7. The highest BCUT2D eigenvalue weighted by Gasteiger charge is 2.18. The van der Waals surface area contributed by atoms with Gasteiger partial charge in [-0.05, 0) is 27.7 Å². The van der Waals surface area contributed by atoms with Gasteiger partial charge < -0.3 is 19.9 Å². The molecule has 1 aromatic heterocycles. The molecule has 2 N–H and O–H groups in total. The normalized spacial score (nSPS) is 18.8. The molecule has 2 atom stereocenters. The molecule has 0 bridgehead atoms. The molecule has 1 fully saturated rings. The average Bonchev–Trinajstić information content (AvgIpc) is 2.96. The van der Waals surface area contributed by atoms with Crippen LogP contribution >= 0.6 is 0 Å². The second-order valence-electron chi connectivity index (χ2n) is 6.74. The van der Waals surface area contributed by atoms with Gasteiger partial charge in [0.15, 0.2) is 5.96 Å². The summed E-state index contributed by atoms with van der Waals surface area (Å²) in [4.78, 5) is 7.19. The van der Waals surface area contributed by atoms with E-state index in [-0.39, 0.29) is 0 Å². The van der Waals surface area contributed by atoms with Gasteiger partial charge in [-0.2, -0.15) is 0 Å². The summed E-state index contributed by atoms with van der Waals surface area (Å²) in [5.74, 6) is 2.07. The van der Waals surface area contributed by atoms with Crippen molar-refractivity contribution in [3.63, 3.8) is 0 Å². The second-order valence-corrected chi connectivity index (χ2v) is 6.74. The molecule has 1 saturated heterocycles. The number of aromatic nitrogens is 1. The van der Waals surface area contributed by atoms with E-state index in [4.69, 9.17) is 14.3 Å². The van der Waals surface area contributed by atoms with E-state index in [1.54, 1.807) is 0 Å². The molecule has 142 valence electrons. The van der Waals surface area contributed by atoms with Crippen LogP contribution in [0.3, 0.4) is 0 Å². The fourth-order valence-corrected chi connectivity index (χ4v) is 3.24. The standard InChI is InChI=1S/C18H33N5O2/c1-6-19-18(21-12-14(3)23-7-9-24-10-8-23)20-11-13(2)17-15(4)22-25-16(17)5/h13-14H,6-12H2,1-5H3,(H2,19,20,21). The molecular formula is C18H33N5O2. The molecule has 0 amide bonds. The van der Waals surface area contributed by atoms with E-state index >= 15 is 0 Å². The Morgan fingerprint density at radius 3 is 2.56 bits per heavy atom. The first kappa shape index (κ1) is 19.7. The van der Waals surface area contributed by atoms with E-state index in [1.165, 1.54) is 5.56 Å². The van der Waals surface area contributed by atoms with Crippen LogP contribution in [0.1, 0.15) is 43.7 Å². The molecule has 7 nitrogen and oxygen atoms in total. The lowest BCUT2D eigenvalue weighted by Gasteiger charge is -2.31. The van der Waals surface area contributed by atoms with Crippen LogP contribution in [0.2, 0.25) is 0 Å². The molecule has 2 rings (SSSR count). The quantitative estimate of drug-likeness (QED) is 0.575. The van der Waals surface area contributed by atoms with E-state index in [0.717, 1.165) is 63.4 Å². The van der Waals surface area contributed by atoms with Gasteiger partial charge in [-0.3, -0.25) is 9.89 Å². The molecule has 0 radical (unpaired) electrons. The molecule has 2 heterocycles. The molecule has 0 saturated carbocycles. The summed E-state index contributed by atoms with van der Waals surface area (Å²) in [5, 5.41) is 10.8. The van der Waals surface area contributed by atoms with Crippen LogP contribution in [0.25, 0.3) is 0 Å². The Bertz CT molecular complexity index is 532. The predicted molar refractivity (Wildman–Crippen MR) is 100 cm³/mol. The van der Waals surface area contributed by atoms with E-state index in [2.05, 4.69) is 41.5 Å². The molecule has 25 heavy (non-hydrogen) atoms. The highest BCUT2D eigenvalue weighted by atomic mass is 16.5. The van der Waals surface area contributed by atoms with Gasteiger partial charge >= 0.3 is 0 Å². The summed E-state index contributed by atoms with van der Waals surface area (Å²) in [6.07, 6.45) is 0. The fraction of sp³-hybridized carbons (Fsp3) is 0.778. The highest BCUT2D eigenvalue weighted by molar-refractivity contribution is 5.79. The Labute approximate surface area is 151 Å². The minimum Gasteiger partial charge on any atom is -0.379 e. The van der Waals surface area contributed by atoms with Crippen LogP contribution in [-0.2, 0) is 4.74 Å². The number of morpholine rings is 1. The zero-order valence-corrected chi connectivity index (χ0v) is 16.3. The smallest absolute Gasteiger partial charge is 0.191 e. The Balaban J connectivity index is 1.88. The molecule has 1 aromatic rings. The van der Waals surface area contributed by atoms with Crippen molar-refractivity contribution < 1.29 is 9.26 Å². The van der Waals surface area contributed by atoms with Gasteiger partial charge in [0.1, 0.15) is 5.76 Å². The van der Waals surface area contributed by atoms with Gasteiger partial charge in [-0.1, -0.05) is 12.1 Å². The number of ether oxygens (including phenoxy) is 1. The van der Waals surface area contributed by atoms with E-state index in [9.17, 15) is 0 Å². The predicted octanol–water partition coefficient (Wildman–Crippen LogP) is 1.67. The van der Waals surface area contributed by atoms with Crippen LogP contribution < -0.4 is 10.6 Å². The number of aliphatic imine (C=N–C) groups is 1. The Hall–Kier alpha value is -1.60. The number of nitrogens with zero attached hydrogens (tertiary/aromatic N) is 3. The molecular weight excluding hydrogens is 318 g/mol. The number of nitrogens with one attached hydrogen (secondary N) is 2. The van der Waals surface area contributed by atoms with Crippen LogP contribution in [0.5, 0.6) is 0 Å². The summed E-state index contributed by atoms with van der Waals surface area (Å²) in [5.41, 5.74) is 2.15. The van der Waals surface area contributed by atoms with Crippen molar-refractivity contribution in [2.24, 2.45) is 4.99 Å². The zero-order valence-electron chi connectivity index (χ0n) is 16.3. The van der Waals surface area contributed by atoms with Crippen molar-refractivity contribution >= 4 is 5.96 Å². The lowest BCUT2D eigenvalue weighted by Crippen LogP contribution is -2.44. The zero-order chi connectivity index (χ0) is 18.2. The summed E-state index contributed by atoms with van der Waals surface area (Å²) >= 11 is 0. The Kier molecular flexibility index (Phi) is 7.71. The van der Waals surface area contributed by atoms with Gasteiger partial charge in [-0.25, -0.2) is 0 Å². The van der Waals surface area contributed by atoms with Gasteiger partial charge in [0, 0.05) is 43.7 Å². The fourth-order valence-electron chi connectivity index (χ4n) is 3.24. The summed E-state index contributed by atoms with van der Waals surface area (Å²) in [7, 11) is 0. The minimum absolute atomic E-state index is 0.312. The molecule has 1 aliphatic heterocycles. The lowest BCUT2D eigenvalue weighted by molar-refractivity contribution is 0.0220. The van der Waals surface area contributed by atoms with E-state index in [0.29, 0.717) is 12.0 Å². The minimum atomic E-state index is 0.312. The number of hydrogen-bond donors (Lipinski definition) is 2. The summed E-state index contributed by atoms with van der Waals surface area (Å²) in [6.45, 7) is 16.5. The number of aryl methyl sites for hydroxylation is 2. The Morgan fingerprint density at radius 2 is 1.96 bits per heavy atom. The third-order valence-electron chi connectivity index (χ3n) is 4.68. The third-order valence-corrected chi connectivity index (χ3v) is 4.68. The topological polar surface area (TPSA) is 74.9 Å². The van der Waals surface area contributed by atoms with Gasteiger partial charge in [0.05, 0.1) is 25.5 Å². The largest absolute Gasteiger partial charge is 0.379 e. The van der Waals surface area contributed by atoms with Gasteiger partial charge in [0.25, 0.3) is 0 Å². The molecule has 0 spiro atoms. The highest BCUT2D eigenvalue weighted by Crippen LogP contribution is 2.22. The van der Waals surface area contributed by atoms with Crippen molar-refractivity contribution in [2.45, 2.75) is 46.6 Å². The second kappa shape index (κ2) is 9.77. The first-order valence-electron chi connectivity index (χ1n) is 9.29. The van der Waals surface area contributed by atoms with Gasteiger partial charge in [0.2, 0.25) is 0 Å². The van der Waals surface area contributed by atoms with Crippen molar-refractivity contribution in [1.29, 1.82) is 0 Å². The van der Waals surface area contributed by atoms with Gasteiger partial charge in [-0.15, -0.1) is 0 Å². The number of guanidine groups is 1. The summed E-state index contributed by atoms with van der Waals surface area (Å²) in [6, 6.07) is 0.416. The van der Waals surface area contributed by atoms with Crippen molar-refractivity contribution in [3.8, 4) is 0 Å². The summed E-state index contributed by atoms with van der Waals surface area (Å²) < 4.78 is 10.7. The first-order chi connectivity index (χ1) is 12.0. The van der Waals surface area contributed by atoms with Crippen molar-refractivity contribution in [1.82, 2.24) is 20.7 Å². The van der Waals surface area contributed by atoms with Crippen LogP contribution in [0, 0.1) is 13.8 Å². The van der Waals surface area contributed by atoms with Crippen LogP contribution in [0.4, 0.5) is 0 Å². The number of hydrogen-bond acceptors (Lipinski definition) is 5. The van der Waals surface area contributed by atoms with Crippen molar-refractivity contribution in [2.75, 3.05) is 45.9 Å². The maximum absolute atomic E-state index is 5.42. The van der Waals surface area contributed by atoms with Crippen LogP contribution in [0.15, 0.2) is 9.52 Å². The van der Waals surface area contributed by atoms with E-state index < -0.39 is 0 Å². The lowest BCUT2D eigenvalue weighted by atomic mass is 10.00. The molecule has 1 aliphatic rings. The average molecular weight is 351 g/mol. The third kappa shape index (κ3) is 5.71. The molecule has 0 aliphatic carbocycles. The molecule has 0 aromatic carbocycles. The monoisotopic (exact) mass is 351 g/mol. The maximum Gasteiger partial charge on any atom is 0.191 e. The molecule has 7 heteroatoms. The van der Waals surface area contributed by atoms with Crippen molar-refractivity contribution in [3.05, 3.63) is 17.0 Å². The SMILES string of the molecule is CCNC(=NCC(C)N1CCOCC1)NCC(C)c1c(C)noc1C.